The van der Waals surface area contributed by atoms with Crippen molar-refractivity contribution in [1.29, 1.82) is 0 Å². The third-order valence-electron chi connectivity index (χ3n) is 3.53. The molecule has 0 aliphatic carbocycles. The molecule has 2 rings (SSSR count). The number of benzene rings is 1. The molecule has 6 nitrogen and oxygen atoms in total. The Morgan fingerprint density at radius 1 is 1.32 bits per heavy atom. The van der Waals surface area contributed by atoms with E-state index in [4.69, 9.17) is 9.26 Å². The van der Waals surface area contributed by atoms with Crippen LogP contribution in [0, 0.1) is 6.92 Å². The molecule has 7 heteroatoms. The highest BCUT2D eigenvalue weighted by Gasteiger charge is 2.15. The fraction of sp³-hybridized carbons (Fsp3) is 0.444. The van der Waals surface area contributed by atoms with Gasteiger partial charge in [0.2, 0.25) is 0 Å². The van der Waals surface area contributed by atoms with Crippen molar-refractivity contribution in [3.8, 4) is 5.75 Å². The van der Waals surface area contributed by atoms with Gasteiger partial charge in [0.15, 0.2) is 5.82 Å². The maximum absolute atomic E-state index is 11.7. The molecule has 0 unspecified atom stereocenters. The zero-order valence-corrected chi connectivity index (χ0v) is 16.6. The molecule has 0 aliphatic rings. The van der Waals surface area contributed by atoms with Crippen LogP contribution in [0.5, 0.6) is 5.75 Å². The fourth-order valence-corrected chi connectivity index (χ4v) is 2.62. The van der Waals surface area contributed by atoms with Gasteiger partial charge < -0.3 is 14.6 Å². The molecule has 0 spiro atoms. The van der Waals surface area contributed by atoms with Crippen molar-refractivity contribution in [3.05, 3.63) is 40.1 Å². The minimum absolute atomic E-state index is 0.0979. The van der Waals surface area contributed by atoms with E-state index in [9.17, 15) is 4.79 Å². The number of halogens is 1. The normalized spacial score (nSPS) is 11.2. The van der Waals surface area contributed by atoms with E-state index >= 15 is 0 Å². The molecule has 2 N–H and O–H groups in total. The number of urea groups is 1. The number of nitrogens with one attached hydrogen (secondary N) is 2. The Bertz CT molecular complexity index is 723. The van der Waals surface area contributed by atoms with Crippen LogP contribution in [0.25, 0.3) is 0 Å². The number of carbonyl (C=O) groups is 1. The summed E-state index contributed by atoms with van der Waals surface area (Å²) in [6.07, 6.45) is 0.693. The fourth-order valence-electron chi connectivity index (χ4n) is 2.13. The Kier molecular flexibility index (Phi) is 6.47. The smallest absolute Gasteiger partial charge is 0.320 e. The van der Waals surface area contributed by atoms with Gasteiger partial charge in [0, 0.05) is 12.6 Å². The average Bonchev–Trinajstić information content (AvgIpc) is 2.92. The van der Waals surface area contributed by atoms with Crippen molar-refractivity contribution in [1.82, 2.24) is 10.5 Å². The van der Waals surface area contributed by atoms with Gasteiger partial charge in [-0.05, 0) is 52.4 Å². The summed E-state index contributed by atoms with van der Waals surface area (Å²) >= 11 is 3.55. The van der Waals surface area contributed by atoms with Crippen molar-refractivity contribution >= 4 is 27.8 Å². The van der Waals surface area contributed by atoms with Gasteiger partial charge in [-0.2, -0.15) is 0 Å². The number of carbonyl (C=O) groups excluding carboxylic acids is 1. The zero-order valence-electron chi connectivity index (χ0n) is 15.0. The van der Waals surface area contributed by atoms with Gasteiger partial charge in [-0.1, -0.05) is 32.0 Å². The largest absolute Gasteiger partial charge is 0.492 e. The Hall–Kier alpha value is -2.02. The second-order valence-corrected chi connectivity index (χ2v) is 7.66. The Morgan fingerprint density at radius 2 is 2.08 bits per heavy atom. The molecule has 0 bridgehead atoms. The van der Waals surface area contributed by atoms with Crippen LogP contribution in [0.3, 0.4) is 0 Å². The summed E-state index contributed by atoms with van der Waals surface area (Å²) in [6.45, 7) is 9.29. The van der Waals surface area contributed by atoms with Crippen LogP contribution in [0.15, 0.2) is 33.3 Å². The van der Waals surface area contributed by atoms with Crippen LogP contribution in [-0.2, 0) is 5.41 Å². The highest BCUT2D eigenvalue weighted by atomic mass is 79.9. The third-order valence-corrected chi connectivity index (χ3v) is 4.15. The number of hydrogen-bond acceptors (Lipinski definition) is 4. The van der Waals surface area contributed by atoms with Crippen molar-refractivity contribution < 1.29 is 14.1 Å². The molecule has 0 saturated carbocycles. The molecule has 0 fully saturated rings. The number of aryl methyl sites for hydroxylation is 1. The summed E-state index contributed by atoms with van der Waals surface area (Å²) in [6, 6.07) is 7.47. The van der Waals surface area contributed by atoms with E-state index in [1.165, 1.54) is 5.56 Å². The second-order valence-electron chi connectivity index (χ2n) is 6.80. The Morgan fingerprint density at radius 3 is 2.68 bits per heavy atom. The summed E-state index contributed by atoms with van der Waals surface area (Å²) in [5.74, 6) is 1.84. The van der Waals surface area contributed by atoms with Crippen LogP contribution < -0.4 is 15.4 Å². The van der Waals surface area contributed by atoms with E-state index < -0.39 is 0 Å². The molecule has 2 aromatic rings. The molecular formula is C18H24BrN3O3. The van der Waals surface area contributed by atoms with Crippen LogP contribution in [0.4, 0.5) is 10.6 Å². The molecule has 1 aromatic carbocycles. The van der Waals surface area contributed by atoms with E-state index in [1.54, 1.807) is 13.0 Å². The first-order valence-electron chi connectivity index (χ1n) is 8.17. The van der Waals surface area contributed by atoms with Gasteiger partial charge in [0.05, 0.1) is 11.1 Å². The number of rotatable bonds is 6. The SMILES string of the molecule is Cc1cc(NC(=O)NCCCOc2ccc(C(C)(C)C)cc2Br)no1. The number of anilines is 1. The van der Waals surface area contributed by atoms with Crippen molar-refractivity contribution in [2.75, 3.05) is 18.5 Å². The third kappa shape index (κ3) is 6.08. The summed E-state index contributed by atoms with van der Waals surface area (Å²) in [7, 11) is 0. The van der Waals surface area contributed by atoms with E-state index in [0.29, 0.717) is 31.2 Å². The van der Waals surface area contributed by atoms with Crippen molar-refractivity contribution in [2.24, 2.45) is 0 Å². The lowest BCUT2D eigenvalue weighted by Gasteiger charge is -2.20. The van der Waals surface area contributed by atoms with Crippen LogP contribution in [0.1, 0.15) is 38.5 Å². The lowest BCUT2D eigenvalue weighted by atomic mass is 9.87. The first-order chi connectivity index (χ1) is 11.8. The monoisotopic (exact) mass is 409 g/mol. The molecule has 0 radical (unpaired) electrons. The molecule has 136 valence electrons. The lowest BCUT2D eigenvalue weighted by Crippen LogP contribution is -2.30. The standard InChI is InChI=1S/C18H24BrN3O3/c1-12-10-16(22-25-12)21-17(23)20-8-5-9-24-15-7-6-13(11-14(15)19)18(2,3)4/h6-7,10-11H,5,8-9H2,1-4H3,(H2,20,21,22,23). The maximum atomic E-state index is 11.7. The average molecular weight is 410 g/mol. The number of ether oxygens (including phenoxy) is 1. The Balaban J connectivity index is 1.70. The summed E-state index contributed by atoms with van der Waals surface area (Å²) < 4.78 is 11.6. The molecule has 1 heterocycles. The van der Waals surface area contributed by atoms with Crippen molar-refractivity contribution in [3.63, 3.8) is 0 Å². The number of aromatic nitrogens is 1. The van der Waals surface area contributed by atoms with Gasteiger partial charge in [-0.25, -0.2) is 4.79 Å². The molecule has 25 heavy (non-hydrogen) atoms. The van der Waals surface area contributed by atoms with Gasteiger partial charge in [0.25, 0.3) is 0 Å². The maximum Gasteiger partial charge on any atom is 0.320 e. The first kappa shape index (κ1) is 19.3. The predicted molar refractivity (Wildman–Crippen MR) is 101 cm³/mol. The van der Waals surface area contributed by atoms with Crippen LogP contribution in [0.2, 0.25) is 0 Å². The van der Waals surface area contributed by atoms with Crippen LogP contribution in [-0.4, -0.2) is 24.3 Å². The highest BCUT2D eigenvalue weighted by Crippen LogP contribution is 2.31. The van der Waals surface area contributed by atoms with E-state index in [2.05, 4.69) is 64.6 Å². The minimum Gasteiger partial charge on any atom is -0.492 e. The quantitative estimate of drug-likeness (QED) is 0.681. The summed E-state index contributed by atoms with van der Waals surface area (Å²) in [5, 5.41) is 9.04. The first-order valence-corrected chi connectivity index (χ1v) is 8.96. The van der Waals surface area contributed by atoms with E-state index in [1.807, 2.05) is 6.07 Å². The van der Waals surface area contributed by atoms with Gasteiger partial charge in [-0.15, -0.1) is 0 Å². The molecule has 1 aromatic heterocycles. The molecule has 0 atom stereocenters. The molecular weight excluding hydrogens is 386 g/mol. The number of hydrogen-bond donors (Lipinski definition) is 2. The minimum atomic E-state index is -0.316. The van der Waals surface area contributed by atoms with Gasteiger partial charge in [0.1, 0.15) is 11.5 Å². The molecule has 0 saturated heterocycles. The van der Waals surface area contributed by atoms with E-state index in [0.717, 1.165) is 10.2 Å². The van der Waals surface area contributed by atoms with Crippen molar-refractivity contribution in [2.45, 2.75) is 39.5 Å². The second kappa shape index (κ2) is 8.38. The Labute approximate surface area is 156 Å². The topological polar surface area (TPSA) is 76.4 Å². The highest BCUT2D eigenvalue weighted by molar-refractivity contribution is 9.10. The number of nitrogens with zero attached hydrogens (tertiary/aromatic N) is 1. The predicted octanol–water partition coefficient (Wildman–Crippen LogP) is 4.63. The number of amides is 2. The summed E-state index contributed by atoms with van der Waals surface area (Å²) in [4.78, 5) is 11.7. The summed E-state index contributed by atoms with van der Waals surface area (Å²) in [5.41, 5.74) is 1.34. The molecule has 2 amide bonds. The molecule has 0 aliphatic heterocycles. The van der Waals surface area contributed by atoms with Gasteiger partial charge in [-0.3, -0.25) is 5.32 Å². The van der Waals surface area contributed by atoms with Gasteiger partial charge >= 0.3 is 6.03 Å². The van der Waals surface area contributed by atoms with Crippen LogP contribution >= 0.6 is 15.9 Å². The lowest BCUT2D eigenvalue weighted by molar-refractivity contribution is 0.250. The van der Waals surface area contributed by atoms with E-state index in [-0.39, 0.29) is 11.4 Å². The zero-order chi connectivity index (χ0) is 18.4.